The summed E-state index contributed by atoms with van der Waals surface area (Å²) in [7, 11) is 0. The predicted molar refractivity (Wildman–Crippen MR) is 94.9 cm³/mol. The van der Waals surface area contributed by atoms with Crippen molar-refractivity contribution < 1.29 is 4.74 Å². The van der Waals surface area contributed by atoms with Crippen molar-refractivity contribution in [1.82, 2.24) is 15.3 Å². The molecule has 3 rings (SSSR count). The van der Waals surface area contributed by atoms with Gasteiger partial charge in [0.05, 0.1) is 0 Å². The Balaban J connectivity index is 1.32. The lowest BCUT2D eigenvalue weighted by Crippen LogP contribution is -2.35. The first-order valence-electron chi connectivity index (χ1n) is 7.98. The van der Waals surface area contributed by atoms with Crippen molar-refractivity contribution in [3.63, 3.8) is 0 Å². The number of halogens is 1. The Bertz CT molecular complexity index is 623. The van der Waals surface area contributed by atoms with Crippen molar-refractivity contribution in [2.24, 2.45) is 0 Å². The molecule has 0 radical (unpaired) electrons. The molecule has 1 atom stereocenters. The predicted octanol–water partition coefficient (Wildman–Crippen LogP) is 3.02. The van der Waals surface area contributed by atoms with E-state index in [1.165, 1.54) is 5.56 Å². The molecule has 2 N–H and O–H groups in total. The van der Waals surface area contributed by atoms with Crippen molar-refractivity contribution in [2.75, 3.05) is 25.0 Å². The molecule has 1 aromatic heterocycles. The minimum Gasteiger partial charge on any atom is -0.489 e. The summed E-state index contributed by atoms with van der Waals surface area (Å²) in [5, 5.41) is 6.67. The summed E-state index contributed by atoms with van der Waals surface area (Å²) in [6.07, 6.45) is 6.90. The Morgan fingerprint density at radius 3 is 2.96 bits per heavy atom. The Kier molecular flexibility index (Phi) is 5.82. The highest BCUT2D eigenvalue weighted by atomic mass is 79.9. The normalized spacial score (nSPS) is 16.5. The number of aryl methyl sites for hydroxylation is 1. The molecule has 2 heterocycles. The summed E-state index contributed by atoms with van der Waals surface area (Å²) < 4.78 is 7.16. The molecule has 1 unspecified atom stereocenters. The summed E-state index contributed by atoms with van der Waals surface area (Å²) in [6.45, 7) is 2.70. The molecule has 1 aliphatic rings. The largest absolute Gasteiger partial charge is 0.489 e. The van der Waals surface area contributed by atoms with Gasteiger partial charge in [-0.1, -0.05) is 15.9 Å². The molecule has 0 aliphatic carbocycles. The van der Waals surface area contributed by atoms with Crippen LogP contribution in [0.15, 0.2) is 41.1 Å². The van der Waals surface area contributed by atoms with Gasteiger partial charge in [0.2, 0.25) is 5.95 Å². The highest BCUT2D eigenvalue weighted by molar-refractivity contribution is 9.10. The van der Waals surface area contributed by atoms with Crippen LogP contribution in [0.3, 0.4) is 0 Å². The van der Waals surface area contributed by atoms with Crippen LogP contribution in [0.4, 0.5) is 5.95 Å². The lowest BCUT2D eigenvalue weighted by atomic mass is 10.0. The van der Waals surface area contributed by atoms with Crippen molar-refractivity contribution >= 4 is 21.9 Å². The highest BCUT2D eigenvalue weighted by Gasteiger charge is 2.19. The summed E-state index contributed by atoms with van der Waals surface area (Å²) in [5.74, 6) is 1.71. The molecular weight excluding hydrogens is 356 g/mol. The lowest BCUT2D eigenvalue weighted by Gasteiger charge is -2.26. The van der Waals surface area contributed by atoms with E-state index in [9.17, 15) is 0 Å². The molecule has 2 aromatic rings. The summed E-state index contributed by atoms with van der Waals surface area (Å²) >= 11 is 3.51. The second-order valence-electron chi connectivity index (χ2n) is 5.59. The van der Waals surface area contributed by atoms with Gasteiger partial charge in [-0.3, -0.25) is 0 Å². The zero-order chi connectivity index (χ0) is 15.9. The van der Waals surface area contributed by atoms with Crippen LogP contribution in [0.25, 0.3) is 0 Å². The standard InChI is InChI=1S/C17H21BrN4O/c18-14-4-6-16-13(11-14)3-5-15(23-16)12-19-7-1-8-20-17-21-9-2-10-22-17/h2,4,6,9-11,15,19H,1,3,5,7-8,12H2,(H,20,21,22). The average molecular weight is 377 g/mol. The fraction of sp³-hybridized carbons (Fsp3) is 0.412. The van der Waals surface area contributed by atoms with Crippen LogP contribution in [0.1, 0.15) is 18.4 Å². The van der Waals surface area contributed by atoms with Crippen LogP contribution in [0, 0.1) is 0 Å². The highest BCUT2D eigenvalue weighted by Crippen LogP contribution is 2.29. The zero-order valence-electron chi connectivity index (χ0n) is 13.0. The minimum atomic E-state index is 0.258. The number of aromatic nitrogens is 2. The van der Waals surface area contributed by atoms with E-state index in [-0.39, 0.29) is 6.10 Å². The van der Waals surface area contributed by atoms with Crippen LogP contribution in [-0.4, -0.2) is 35.7 Å². The summed E-state index contributed by atoms with van der Waals surface area (Å²) in [6, 6.07) is 8.05. The molecule has 1 aliphatic heterocycles. The minimum absolute atomic E-state index is 0.258. The Hall–Kier alpha value is -1.66. The third-order valence-corrected chi connectivity index (χ3v) is 4.30. The summed E-state index contributed by atoms with van der Waals surface area (Å²) in [5.41, 5.74) is 1.29. The van der Waals surface area contributed by atoms with Gasteiger partial charge in [0.1, 0.15) is 11.9 Å². The van der Waals surface area contributed by atoms with Crippen LogP contribution in [0.5, 0.6) is 5.75 Å². The third-order valence-electron chi connectivity index (χ3n) is 3.80. The number of hydrogen-bond donors (Lipinski definition) is 2. The molecular formula is C17H21BrN4O. The number of nitrogens with zero attached hydrogens (tertiary/aromatic N) is 2. The first-order chi connectivity index (χ1) is 11.3. The number of nitrogens with one attached hydrogen (secondary N) is 2. The van der Waals surface area contributed by atoms with Crippen LogP contribution >= 0.6 is 15.9 Å². The summed E-state index contributed by atoms with van der Waals surface area (Å²) in [4.78, 5) is 8.26. The lowest BCUT2D eigenvalue weighted by molar-refractivity contribution is 0.170. The smallest absolute Gasteiger partial charge is 0.222 e. The van der Waals surface area contributed by atoms with Gasteiger partial charge < -0.3 is 15.4 Å². The van der Waals surface area contributed by atoms with E-state index in [1.54, 1.807) is 12.4 Å². The van der Waals surface area contributed by atoms with Gasteiger partial charge in [-0.2, -0.15) is 0 Å². The SMILES string of the molecule is Brc1ccc2c(c1)CCC(CNCCCNc1ncccn1)O2. The number of anilines is 1. The zero-order valence-corrected chi connectivity index (χ0v) is 14.6. The second-order valence-corrected chi connectivity index (χ2v) is 6.50. The van der Waals surface area contributed by atoms with E-state index in [4.69, 9.17) is 4.74 Å². The van der Waals surface area contributed by atoms with E-state index < -0.39 is 0 Å². The van der Waals surface area contributed by atoms with Gasteiger partial charge in [0, 0.05) is 30.0 Å². The average Bonchev–Trinajstić information content (AvgIpc) is 2.59. The van der Waals surface area contributed by atoms with E-state index in [2.05, 4.69) is 48.7 Å². The fourth-order valence-corrected chi connectivity index (χ4v) is 3.03. The van der Waals surface area contributed by atoms with E-state index >= 15 is 0 Å². The van der Waals surface area contributed by atoms with E-state index in [0.717, 1.165) is 49.1 Å². The van der Waals surface area contributed by atoms with Gasteiger partial charge in [0.25, 0.3) is 0 Å². The van der Waals surface area contributed by atoms with Gasteiger partial charge in [-0.05, 0) is 55.6 Å². The monoisotopic (exact) mass is 376 g/mol. The second kappa shape index (κ2) is 8.26. The van der Waals surface area contributed by atoms with E-state index in [1.807, 2.05) is 12.1 Å². The quantitative estimate of drug-likeness (QED) is 0.727. The number of rotatable bonds is 7. The third kappa shape index (κ3) is 4.91. The van der Waals surface area contributed by atoms with Crippen LogP contribution < -0.4 is 15.4 Å². The fourth-order valence-electron chi connectivity index (χ4n) is 2.62. The molecule has 0 saturated carbocycles. The molecule has 23 heavy (non-hydrogen) atoms. The van der Waals surface area contributed by atoms with Crippen LogP contribution in [-0.2, 0) is 6.42 Å². The van der Waals surface area contributed by atoms with Gasteiger partial charge >= 0.3 is 0 Å². The molecule has 0 bridgehead atoms. The van der Waals surface area contributed by atoms with Crippen molar-refractivity contribution in [1.29, 1.82) is 0 Å². The molecule has 0 amide bonds. The first kappa shape index (κ1) is 16.2. The van der Waals surface area contributed by atoms with Crippen molar-refractivity contribution in [2.45, 2.75) is 25.4 Å². The Labute approximate surface area is 145 Å². The molecule has 0 spiro atoms. The van der Waals surface area contributed by atoms with Crippen molar-refractivity contribution in [3.05, 3.63) is 46.7 Å². The maximum atomic E-state index is 6.04. The van der Waals surface area contributed by atoms with Crippen LogP contribution in [0.2, 0.25) is 0 Å². The molecule has 5 nitrogen and oxygen atoms in total. The Morgan fingerprint density at radius 2 is 2.09 bits per heavy atom. The number of fused-ring (bicyclic) bond motifs is 1. The molecule has 1 aromatic carbocycles. The Morgan fingerprint density at radius 1 is 1.22 bits per heavy atom. The molecule has 0 saturated heterocycles. The maximum absolute atomic E-state index is 6.04. The molecule has 6 heteroatoms. The van der Waals surface area contributed by atoms with Gasteiger partial charge in [-0.15, -0.1) is 0 Å². The topological polar surface area (TPSA) is 59.1 Å². The van der Waals surface area contributed by atoms with E-state index in [0.29, 0.717) is 5.95 Å². The van der Waals surface area contributed by atoms with Gasteiger partial charge in [-0.25, -0.2) is 9.97 Å². The molecule has 122 valence electrons. The van der Waals surface area contributed by atoms with Gasteiger partial charge in [0.15, 0.2) is 0 Å². The molecule has 0 fully saturated rings. The number of benzene rings is 1. The first-order valence-corrected chi connectivity index (χ1v) is 8.77. The number of hydrogen-bond acceptors (Lipinski definition) is 5. The maximum Gasteiger partial charge on any atom is 0.222 e. The number of ether oxygens (including phenoxy) is 1. The van der Waals surface area contributed by atoms with Crippen molar-refractivity contribution in [3.8, 4) is 5.75 Å².